The van der Waals surface area contributed by atoms with Crippen molar-refractivity contribution in [3.63, 3.8) is 0 Å². The lowest BCUT2D eigenvalue weighted by molar-refractivity contribution is 0.347. The van der Waals surface area contributed by atoms with Gasteiger partial charge in [-0.2, -0.15) is 0 Å². The smallest absolute Gasteiger partial charge is 0.111 e. The zero-order valence-corrected chi connectivity index (χ0v) is 7.40. The van der Waals surface area contributed by atoms with Crippen molar-refractivity contribution in [3.05, 3.63) is 24.8 Å². The minimum Gasteiger partial charge on any atom is -0.351 e. The maximum atomic E-state index is 3.76. The van der Waals surface area contributed by atoms with Crippen LogP contribution in [-0.4, -0.2) is 10.1 Å². The predicted molar refractivity (Wildman–Crippen MR) is 44.8 cm³/mol. The van der Waals surface area contributed by atoms with E-state index in [4.69, 9.17) is 0 Å². The van der Waals surface area contributed by atoms with Crippen molar-refractivity contribution >= 4 is 16.1 Å². The van der Waals surface area contributed by atoms with Crippen molar-refractivity contribution in [1.82, 2.24) is 14.6 Å². The van der Waals surface area contributed by atoms with Crippen LogP contribution >= 0.6 is 16.1 Å². The molecule has 1 fully saturated rings. The number of hydrogen-bond donors (Lipinski definition) is 2. The lowest BCUT2D eigenvalue weighted by atomic mass is 10.4. The molecule has 0 saturated carbocycles. The molecule has 0 aromatic heterocycles. The minimum absolute atomic E-state index is 0.196. The lowest BCUT2D eigenvalue weighted by Gasteiger charge is -2.34. The number of hydrogen-bond acceptors (Lipinski definition) is 3. The Kier molecular flexibility index (Phi) is 1.89. The molecule has 0 aromatic carbocycles. The summed E-state index contributed by atoms with van der Waals surface area (Å²) in [5.41, 5.74) is 0. The van der Waals surface area contributed by atoms with E-state index in [9.17, 15) is 0 Å². The van der Waals surface area contributed by atoms with Gasteiger partial charge in [0.05, 0.1) is 22.0 Å². The largest absolute Gasteiger partial charge is 0.351 e. The summed E-state index contributed by atoms with van der Waals surface area (Å²) in [6.07, 6.45) is 0.196. The van der Waals surface area contributed by atoms with Crippen molar-refractivity contribution in [3.8, 4) is 0 Å². The second-order valence-corrected chi connectivity index (χ2v) is 2.95. The molecule has 0 aliphatic carbocycles. The molecular formula is C6H10BrN3. The fourth-order valence-electron chi connectivity index (χ4n) is 0.806. The van der Waals surface area contributed by atoms with Gasteiger partial charge in [-0.3, -0.25) is 3.93 Å². The molecule has 1 aliphatic heterocycles. The van der Waals surface area contributed by atoms with Crippen LogP contribution < -0.4 is 10.6 Å². The van der Waals surface area contributed by atoms with E-state index in [-0.39, 0.29) is 6.17 Å². The first kappa shape index (κ1) is 7.47. The first-order valence-electron chi connectivity index (χ1n) is 2.97. The quantitative estimate of drug-likeness (QED) is 0.578. The molecule has 4 heteroatoms. The van der Waals surface area contributed by atoms with Crippen LogP contribution in [0.1, 0.15) is 6.92 Å². The standard InChI is InChI=1S/C6H10BrN3/c1-4-8-5(2)10(7)6(3)9-4/h6,8-9H,1-2H2,3H3. The average Bonchev–Trinajstić information content (AvgIpc) is 1.82. The molecule has 1 atom stereocenters. The first-order valence-corrected chi connectivity index (χ1v) is 3.68. The summed E-state index contributed by atoms with van der Waals surface area (Å²) in [6, 6.07) is 0. The van der Waals surface area contributed by atoms with Crippen LogP contribution in [0.2, 0.25) is 0 Å². The Labute approximate surface area is 69.1 Å². The normalized spacial score (nSPS) is 25.8. The molecule has 0 radical (unpaired) electrons. The lowest BCUT2D eigenvalue weighted by Crippen LogP contribution is -2.48. The van der Waals surface area contributed by atoms with E-state index in [1.807, 2.05) is 10.8 Å². The van der Waals surface area contributed by atoms with Crippen molar-refractivity contribution in [2.75, 3.05) is 0 Å². The van der Waals surface area contributed by atoms with E-state index in [0.717, 1.165) is 11.6 Å². The Morgan fingerprint density at radius 1 is 1.60 bits per heavy atom. The minimum atomic E-state index is 0.196. The summed E-state index contributed by atoms with van der Waals surface area (Å²) in [5.74, 6) is 1.59. The van der Waals surface area contributed by atoms with Crippen molar-refractivity contribution < 1.29 is 0 Å². The molecule has 0 bridgehead atoms. The van der Waals surface area contributed by atoms with Gasteiger partial charge in [-0.25, -0.2) is 0 Å². The van der Waals surface area contributed by atoms with Gasteiger partial charge in [-0.1, -0.05) is 13.2 Å². The molecule has 2 N–H and O–H groups in total. The van der Waals surface area contributed by atoms with Crippen molar-refractivity contribution in [2.24, 2.45) is 0 Å². The van der Waals surface area contributed by atoms with Crippen LogP contribution in [0.5, 0.6) is 0 Å². The fraction of sp³-hybridized carbons (Fsp3) is 0.333. The topological polar surface area (TPSA) is 27.3 Å². The number of rotatable bonds is 0. The highest BCUT2D eigenvalue weighted by molar-refractivity contribution is 9.07. The monoisotopic (exact) mass is 203 g/mol. The van der Waals surface area contributed by atoms with E-state index in [0.29, 0.717) is 0 Å². The maximum Gasteiger partial charge on any atom is 0.111 e. The summed E-state index contributed by atoms with van der Waals surface area (Å²) in [7, 11) is 0. The van der Waals surface area contributed by atoms with Crippen LogP contribution in [-0.2, 0) is 0 Å². The molecule has 0 spiro atoms. The molecule has 1 rings (SSSR count). The second-order valence-electron chi connectivity index (χ2n) is 2.18. The molecule has 1 heterocycles. The van der Waals surface area contributed by atoms with Gasteiger partial charge in [-0.15, -0.1) is 0 Å². The van der Waals surface area contributed by atoms with Crippen LogP contribution in [0.4, 0.5) is 0 Å². The zero-order valence-electron chi connectivity index (χ0n) is 5.82. The highest BCUT2D eigenvalue weighted by Gasteiger charge is 2.18. The van der Waals surface area contributed by atoms with E-state index >= 15 is 0 Å². The molecule has 3 nitrogen and oxygen atoms in total. The third-order valence-corrected chi connectivity index (χ3v) is 2.32. The zero-order chi connectivity index (χ0) is 7.72. The van der Waals surface area contributed by atoms with Crippen LogP contribution in [0.3, 0.4) is 0 Å². The third kappa shape index (κ3) is 1.26. The van der Waals surface area contributed by atoms with E-state index < -0.39 is 0 Å². The maximum absolute atomic E-state index is 3.76. The van der Waals surface area contributed by atoms with Gasteiger partial charge in [0.15, 0.2) is 0 Å². The number of halogens is 1. The molecule has 10 heavy (non-hydrogen) atoms. The van der Waals surface area contributed by atoms with Crippen molar-refractivity contribution in [1.29, 1.82) is 0 Å². The van der Waals surface area contributed by atoms with Crippen LogP contribution in [0.15, 0.2) is 24.8 Å². The summed E-state index contributed by atoms with van der Waals surface area (Å²) in [4.78, 5) is 0. The van der Waals surface area contributed by atoms with Gasteiger partial charge >= 0.3 is 0 Å². The van der Waals surface area contributed by atoms with Gasteiger partial charge < -0.3 is 10.6 Å². The summed E-state index contributed by atoms with van der Waals surface area (Å²) in [5, 5.41) is 6.01. The number of nitrogens with zero attached hydrogens (tertiary/aromatic N) is 1. The molecular weight excluding hydrogens is 194 g/mol. The Morgan fingerprint density at radius 2 is 2.20 bits per heavy atom. The summed E-state index contributed by atoms with van der Waals surface area (Å²) in [6.45, 7) is 9.49. The Balaban J connectivity index is 2.66. The van der Waals surface area contributed by atoms with Gasteiger partial charge in [0.2, 0.25) is 0 Å². The van der Waals surface area contributed by atoms with Gasteiger partial charge in [0, 0.05) is 0 Å². The molecule has 0 aromatic rings. The van der Waals surface area contributed by atoms with E-state index in [1.54, 1.807) is 0 Å². The second kappa shape index (κ2) is 2.54. The SMILES string of the molecule is C=C1NC(=C)N(Br)C(C)N1. The third-order valence-electron chi connectivity index (χ3n) is 1.28. The first-order chi connectivity index (χ1) is 4.61. The van der Waals surface area contributed by atoms with Crippen LogP contribution in [0.25, 0.3) is 0 Å². The van der Waals surface area contributed by atoms with Crippen molar-refractivity contribution in [2.45, 2.75) is 13.1 Å². The van der Waals surface area contributed by atoms with Gasteiger partial charge in [0.25, 0.3) is 0 Å². The Morgan fingerprint density at radius 3 is 2.70 bits per heavy atom. The van der Waals surface area contributed by atoms with E-state index in [2.05, 4.69) is 39.9 Å². The summed E-state index contributed by atoms with van der Waals surface area (Å²) < 4.78 is 1.82. The molecule has 1 saturated heterocycles. The molecule has 1 aliphatic rings. The highest BCUT2D eigenvalue weighted by atomic mass is 79.9. The van der Waals surface area contributed by atoms with Gasteiger partial charge in [0.1, 0.15) is 12.0 Å². The molecule has 1 unspecified atom stereocenters. The number of nitrogens with one attached hydrogen (secondary N) is 2. The Bertz CT molecular complexity index is 178. The fourth-order valence-corrected chi connectivity index (χ4v) is 0.997. The van der Waals surface area contributed by atoms with Gasteiger partial charge in [-0.05, 0) is 6.92 Å². The predicted octanol–water partition coefficient (Wildman–Crippen LogP) is 1.08. The molecule has 56 valence electrons. The summed E-state index contributed by atoms with van der Waals surface area (Å²) >= 11 is 3.31. The van der Waals surface area contributed by atoms with Crippen LogP contribution in [0, 0.1) is 0 Å². The average molecular weight is 204 g/mol. The highest BCUT2D eigenvalue weighted by Crippen LogP contribution is 2.14. The molecule has 0 amide bonds. The Hall–Kier alpha value is -0.640. The van der Waals surface area contributed by atoms with E-state index in [1.165, 1.54) is 0 Å².